The Bertz CT molecular complexity index is 738. The molecule has 0 aliphatic carbocycles. The lowest BCUT2D eigenvalue weighted by molar-refractivity contribution is 0.0652. The summed E-state index contributed by atoms with van der Waals surface area (Å²) in [4.78, 5) is 10.7. The van der Waals surface area contributed by atoms with Crippen molar-refractivity contribution in [2.75, 3.05) is 0 Å². The van der Waals surface area contributed by atoms with Gasteiger partial charge in [0.25, 0.3) is 0 Å². The van der Waals surface area contributed by atoms with Crippen LogP contribution in [0.15, 0.2) is 39.5 Å². The smallest absolute Gasteiger partial charge is 0.374 e. The summed E-state index contributed by atoms with van der Waals surface area (Å²) in [6, 6.07) is 6.97. The summed E-state index contributed by atoms with van der Waals surface area (Å²) in [5, 5.41) is 13.5. The number of carboxylic acids is 1. The summed E-state index contributed by atoms with van der Waals surface area (Å²) < 4.78 is 10.1. The monoisotopic (exact) mass is 243 g/mol. The number of hydrogen-bond acceptors (Lipinski definition) is 4. The molecule has 0 unspecified atom stereocenters. The maximum atomic E-state index is 10.7. The third kappa shape index (κ3) is 1.57. The second-order valence-corrected chi connectivity index (χ2v) is 4.01. The average Bonchev–Trinajstić information content (AvgIpc) is 2.96. The number of hydrogen-bond donors (Lipinski definition) is 1. The molecular formula is C13H9NO4. The number of rotatable bonds is 2. The van der Waals surface area contributed by atoms with Gasteiger partial charge in [-0.1, -0.05) is 17.3 Å². The van der Waals surface area contributed by atoms with Crippen LogP contribution in [0.4, 0.5) is 0 Å². The van der Waals surface area contributed by atoms with Crippen molar-refractivity contribution in [1.29, 1.82) is 0 Å². The molecular weight excluding hydrogens is 234 g/mol. The molecule has 0 aliphatic rings. The summed E-state index contributed by atoms with van der Waals surface area (Å²) in [6.45, 7) is 1.96. The Kier molecular flexibility index (Phi) is 2.19. The highest BCUT2D eigenvalue weighted by Crippen LogP contribution is 2.27. The van der Waals surface area contributed by atoms with Gasteiger partial charge in [-0.3, -0.25) is 0 Å². The van der Waals surface area contributed by atoms with E-state index in [0.29, 0.717) is 5.69 Å². The van der Waals surface area contributed by atoms with Crippen molar-refractivity contribution in [3.8, 4) is 11.3 Å². The quantitative estimate of drug-likeness (QED) is 0.748. The molecule has 0 aliphatic heterocycles. The summed E-state index contributed by atoms with van der Waals surface area (Å²) in [6.07, 6.45) is 1.68. The fraction of sp³-hybridized carbons (Fsp3) is 0.0769. The molecule has 0 spiro atoms. The molecule has 1 N–H and O–H groups in total. The van der Waals surface area contributed by atoms with Crippen molar-refractivity contribution in [1.82, 2.24) is 5.16 Å². The highest BCUT2D eigenvalue weighted by atomic mass is 16.5. The van der Waals surface area contributed by atoms with Crippen LogP contribution >= 0.6 is 0 Å². The molecule has 0 saturated heterocycles. The second kappa shape index (κ2) is 3.73. The van der Waals surface area contributed by atoms with Crippen LogP contribution in [-0.2, 0) is 0 Å². The average molecular weight is 243 g/mol. The molecule has 2 aromatic heterocycles. The largest absolute Gasteiger partial charge is 0.475 e. The Morgan fingerprint density at radius 3 is 2.89 bits per heavy atom. The highest BCUT2D eigenvalue weighted by molar-refractivity contribution is 5.88. The van der Waals surface area contributed by atoms with Crippen LogP contribution in [0.2, 0.25) is 0 Å². The maximum Gasteiger partial charge on any atom is 0.374 e. The van der Waals surface area contributed by atoms with Crippen molar-refractivity contribution in [2.24, 2.45) is 0 Å². The Morgan fingerprint density at radius 2 is 2.17 bits per heavy atom. The van der Waals surface area contributed by atoms with Crippen LogP contribution < -0.4 is 0 Å². The second-order valence-electron chi connectivity index (χ2n) is 4.01. The van der Waals surface area contributed by atoms with Gasteiger partial charge in [0, 0.05) is 17.0 Å². The van der Waals surface area contributed by atoms with Crippen molar-refractivity contribution in [3.05, 3.63) is 41.9 Å². The van der Waals surface area contributed by atoms with E-state index < -0.39 is 5.97 Å². The number of furan rings is 1. The van der Waals surface area contributed by atoms with Gasteiger partial charge in [-0.25, -0.2) is 4.79 Å². The predicted octanol–water partition coefficient (Wildman–Crippen LogP) is 3.09. The van der Waals surface area contributed by atoms with Crippen molar-refractivity contribution < 1.29 is 18.8 Å². The highest BCUT2D eigenvalue weighted by Gasteiger charge is 2.13. The minimum atomic E-state index is -1.14. The number of aromatic carboxylic acids is 1. The predicted molar refractivity (Wildman–Crippen MR) is 63.4 cm³/mol. The van der Waals surface area contributed by atoms with E-state index in [9.17, 15) is 4.79 Å². The van der Waals surface area contributed by atoms with Crippen LogP contribution in [0.1, 0.15) is 16.1 Å². The number of fused-ring (bicyclic) bond motifs is 1. The molecule has 3 aromatic rings. The lowest BCUT2D eigenvalue weighted by Crippen LogP contribution is -1.91. The van der Waals surface area contributed by atoms with Gasteiger partial charge in [-0.05, 0) is 18.6 Å². The summed E-state index contributed by atoms with van der Waals surface area (Å²) in [5.41, 5.74) is 3.03. The maximum absolute atomic E-state index is 10.7. The van der Waals surface area contributed by atoms with Crippen molar-refractivity contribution >= 4 is 16.9 Å². The Labute approximate surface area is 102 Å². The van der Waals surface area contributed by atoms with E-state index in [-0.39, 0.29) is 5.76 Å². The number of aromatic nitrogens is 1. The normalized spacial score (nSPS) is 10.9. The lowest BCUT2D eigenvalue weighted by atomic mass is 10.1. The fourth-order valence-electron chi connectivity index (χ4n) is 1.83. The Hall–Kier alpha value is -2.56. The molecule has 3 rings (SSSR count). The molecule has 18 heavy (non-hydrogen) atoms. The van der Waals surface area contributed by atoms with Crippen LogP contribution in [-0.4, -0.2) is 16.2 Å². The third-order valence-corrected chi connectivity index (χ3v) is 2.79. The molecule has 1 aromatic carbocycles. The zero-order valence-corrected chi connectivity index (χ0v) is 9.51. The van der Waals surface area contributed by atoms with Crippen molar-refractivity contribution in [2.45, 2.75) is 6.92 Å². The van der Waals surface area contributed by atoms with E-state index in [1.807, 2.05) is 25.1 Å². The standard InChI is InChI=1S/C13H9NO4/c1-7-6-17-11-4-8(2-3-9(7)11)10-5-12(13(15)16)18-14-10/h2-6H,1H3,(H,15,16). The SMILES string of the molecule is Cc1coc2cc(-c3cc(C(=O)O)on3)ccc12. The minimum Gasteiger partial charge on any atom is -0.475 e. The lowest BCUT2D eigenvalue weighted by Gasteiger charge is -1.95. The van der Waals surface area contributed by atoms with Gasteiger partial charge in [0.2, 0.25) is 5.76 Å². The van der Waals surface area contributed by atoms with Gasteiger partial charge in [-0.15, -0.1) is 0 Å². The van der Waals surface area contributed by atoms with Crippen LogP contribution in [0.25, 0.3) is 22.2 Å². The number of benzene rings is 1. The Balaban J connectivity index is 2.10. The Morgan fingerprint density at radius 1 is 1.33 bits per heavy atom. The van der Waals surface area contributed by atoms with Crippen molar-refractivity contribution in [3.63, 3.8) is 0 Å². The van der Waals surface area contributed by atoms with Gasteiger partial charge >= 0.3 is 5.97 Å². The van der Waals surface area contributed by atoms with E-state index in [2.05, 4.69) is 5.16 Å². The number of carboxylic acid groups (broad SMARTS) is 1. The topological polar surface area (TPSA) is 76.5 Å². The van der Waals surface area contributed by atoms with Gasteiger partial charge in [0.15, 0.2) is 0 Å². The number of carbonyl (C=O) groups is 1. The first-order valence-electron chi connectivity index (χ1n) is 5.33. The molecule has 5 nitrogen and oxygen atoms in total. The molecule has 90 valence electrons. The molecule has 0 bridgehead atoms. The van der Waals surface area contributed by atoms with E-state index in [1.54, 1.807) is 6.26 Å². The summed E-state index contributed by atoms with van der Waals surface area (Å²) in [7, 11) is 0. The van der Waals surface area contributed by atoms with Gasteiger partial charge < -0.3 is 14.0 Å². The van der Waals surface area contributed by atoms with Crippen LogP contribution in [0.5, 0.6) is 0 Å². The molecule has 5 heteroatoms. The molecule has 0 saturated carbocycles. The van der Waals surface area contributed by atoms with Gasteiger partial charge in [0.05, 0.1) is 6.26 Å². The van der Waals surface area contributed by atoms with E-state index >= 15 is 0 Å². The number of nitrogens with zero attached hydrogens (tertiary/aromatic N) is 1. The fourth-order valence-corrected chi connectivity index (χ4v) is 1.83. The van der Waals surface area contributed by atoms with E-state index in [1.165, 1.54) is 6.07 Å². The first kappa shape index (κ1) is 10.6. The zero-order chi connectivity index (χ0) is 12.7. The summed E-state index contributed by atoms with van der Waals surface area (Å²) in [5.74, 6) is -1.32. The minimum absolute atomic E-state index is 0.180. The van der Waals surface area contributed by atoms with Crippen LogP contribution in [0, 0.1) is 6.92 Å². The first-order chi connectivity index (χ1) is 8.65. The van der Waals surface area contributed by atoms with Crippen LogP contribution in [0.3, 0.4) is 0 Å². The number of aryl methyl sites for hydroxylation is 1. The third-order valence-electron chi connectivity index (χ3n) is 2.79. The molecule has 0 fully saturated rings. The molecule has 0 amide bonds. The molecule has 0 atom stereocenters. The van der Waals surface area contributed by atoms with Gasteiger partial charge in [-0.2, -0.15) is 0 Å². The first-order valence-corrected chi connectivity index (χ1v) is 5.33. The van der Waals surface area contributed by atoms with E-state index in [0.717, 1.165) is 22.1 Å². The van der Waals surface area contributed by atoms with Gasteiger partial charge in [0.1, 0.15) is 11.3 Å². The van der Waals surface area contributed by atoms with E-state index in [4.69, 9.17) is 14.0 Å². The zero-order valence-electron chi connectivity index (χ0n) is 9.51. The molecule has 0 radical (unpaired) electrons. The summed E-state index contributed by atoms with van der Waals surface area (Å²) >= 11 is 0. The molecule has 2 heterocycles.